The number of aromatic carboxylic acids is 1. The third-order valence-corrected chi connectivity index (χ3v) is 6.58. The van der Waals surface area contributed by atoms with Crippen LogP contribution >= 0.6 is 0 Å². The summed E-state index contributed by atoms with van der Waals surface area (Å²) in [5, 5.41) is 9.54. The lowest BCUT2D eigenvalue weighted by atomic mass is 9.78. The molecule has 0 radical (unpaired) electrons. The summed E-state index contributed by atoms with van der Waals surface area (Å²) in [5.41, 5.74) is 7.18. The van der Waals surface area contributed by atoms with Crippen LogP contribution < -0.4 is 16.1 Å². The molecule has 3 fully saturated rings. The van der Waals surface area contributed by atoms with Gasteiger partial charge in [-0.1, -0.05) is 0 Å². The molecule has 1 aromatic carbocycles. The Balaban J connectivity index is 1.78. The second-order valence-corrected chi connectivity index (χ2v) is 8.17. The van der Waals surface area contributed by atoms with Gasteiger partial charge >= 0.3 is 5.97 Å². The topological polar surface area (TPSA) is 88.6 Å². The molecule has 3 unspecified atom stereocenters. The van der Waals surface area contributed by atoms with Gasteiger partial charge in [0.05, 0.1) is 11.2 Å². The highest BCUT2D eigenvalue weighted by Gasteiger charge is 2.47. The second-order valence-electron chi connectivity index (χ2n) is 8.17. The minimum absolute atomic E-state index is 0.0401. The fraction of sp³-hybridized carbons (Fsp3) is 0.500. The zero-order valence-corrected chi connectivity index (χ0v) is 15.1. The van der Waals surface area contributed by atoms with Crippen LogP contribution in [0.25, 0.3) is 10.9 Å². The molecular weight excluding hydrogens is 349 g/mol. The molecule has 1 aromatic heterocycles. The van der Waals surface area contributed by atoms with E-state index in [9.17, 15) is 14.7 Å². The Kier molecular flexibility index (Phi) is 3.44. The number of pyridine rings is 1. The van der Waals surface area contributed by atoms with Crippen LogP contribution in [-0.2, 0) is 0 Å². The normalized spacial score (nSPS) is 26.9. The van der Waals surface area contributed by atoms with E-state index in [0.29, 0.717) is 29.2 Å². The number of nitrogens with zero attached hydrogens (tertiary/aromatic N) is 2. The molecule has 0 spiro atoms. The third kappa shape index (κ3) is 2.27. The van der Waals surface area contributed by atoms with Gasteiger partial charge in [0.25, 0.3) is 0 Å². The van der Waals surface area contributed by atoms with Crippen LogP contribution in [-0.4, -0.2) is 34.3 Å². The molecule has 3 N–H and O–H groups in total. The number of anilines is 1. The Hall–Kier alpha value is -2.41. The second kappa shape index (κ2) is 5.55. The van der Waals surface area contributed by atoms with Crippen LogP contribution in [0, 0.1) is 18.7 Å². The highest BCUT2D eigenvalue weighted by Crippen LogP contribution is 2.45. The third-order valence-electron chi connectivity index (χ3n) is 6.58. The van der Waals surface area contributed by atoms with Crippen molar-refractivity contribution < 1.29 is 14.3 Å². The first-order valence-corrected chi connectivity index (χ1v) is 9.52. The van der Waals surface area contributed by atoms with E-state index < -0.39 is 17.2 Å². The van der Waals surface area contributed by atoms with Crippen molar-refractivity contribution in [2.75, 3.05) is 11.4 Å². The number of carboxylic acid groups (broad SMARTS) is 1. The average molecular weight is 371 g/mol. The van der Waals surface area contributed by atoms with Crippen molar-refractivity contribution in [1.29, 1.82) is 0 Å². The summed E-state index contributed by atoms with van der Waals surface area (Å²) in [6.45, 7) is 2.44. The molecule has 2 heterocycles. The molecule has 142 valence electrons. The smallest absolute Gasteiger partial charge is 0.341 e. The number of hydrogen-bond donors (Lipinski definition) is 2. The van der Waals surface area contributed by atoms with E-state index in [1.54, 1.807) is 0 Å². The lowest BCUT2D eigenvalue weighted by molar-refractivity contribution is 0.0695. The van der Waals surface area contributed by atoms with E-state index in [0.717, 1.165) is 25.7 Å². The first-order valence-electron chi connectivity index (χ1n) is 9.52. The minimum Gasteiger partial charge on any atom is -0.477 e. The molecule has 0 bridgehead atoms. The summed E-state index contributed by atoms with van der Waals surface area (Å²) < 4.78 is 17.0. The van der Waals surface area contributed by atoms with Crippen molar-refractivity contribution in [1.82, 2.24) is 4.57 Å². The number of aryl methyl sites for hydroxylation is 1. The SMILES string of the molecule is Cc1c(N2CC(N)C3CCC32)c(F)cc2c(=O)c(C(=O)O)cn(C3CC3)c12. The molecular formula is C20H22FN3O3. The molecule has 1 aliphatic heterocycles. The van der Waals surface area contributed by atoms with E-state index in [1.165, 1.54) is 12.3 Å². The maximum absolute atomic E-state index is 15.2. The highest BCUT2D eigenvalue weighted by atomic mass is 19.1. The van der Waals surface area contributed by atoms with E-state index in [2.05, 4.69) is 4.90 Å². The quantitative estimate of drug-likeness (QED) is 0.865. The number of benzene rings is 1. The van der Waals surface area contributed by atoms with Gasteiger partial charge in [-0.05, 0) is 50.2 Å². The van der Waals surface area contributed by atoms with Crippen molar-refractivity contribution >= 4 is 22.6 Å². The molecule has 3 aliphatic rings. The van der Waals surface area contributed by atoms with Crippen LogP contribution in [0.5, 0.6) is 0 Å². The van der Waals surface area contributed by atoms with Crippen LogP contribution in [0.4, 0.5) is 10.1 Å². The van der Waals surface area contributed by atoms with E-state index in [1.807, 2.05) is 11.5 Å². The maximum atomic E-state index is 15.2. The van der Waals surface area contributed by atoms with Gasteiger partial charge in [-0.25, -0.2) is 9.18 Å². The van der Waals surface area contributed by atoms with Crippen molar-refractivity contribution in [2.24, 2.45) is 11.7 Å². The number of rotatable bonds is 3. The first-order chi connectivity index (χ1) is 12.9. The summed E-state index contributed by atoms with van der Waals surface area (Å²) in [6.07, 6.45) is 5.38. The molecule has 27 heavy (non-hydrogen) atoms. The largest absolute Gasteiger partial charge is 0.477 e. The van der Waals surface area contributed by atoms with Gasteiger partial charge in [0.2, 0.25) is 5.43 Å². The summed E-state index contributed by atoms with van der Waals surface area (Å²) in [5.74, 6) is -1.34. The molecule has 1 saturated heterocycles. The van der Waals surface area contributed by atoms with Crippen LogP contribution in [0.1, 0.15) is 47.6 Å². The summed E-state index contributed by atoms with van der Waals surface area (Å²) in [7, 11) is 0. The Labute approximate surface area is 155 Å². The van der Waals surface area contributed by atoms with Crippen molar-refractivity contribution in [3.63, 3.8) is 0 Å². The van der Waals surface area contributed by atoms with Crippen molar-refractivity contribution in [3.05, 3.63) is 39.4 Å². The fourth-order valence-corrected chi connectivity index (χ4v) is 4.97. The molecule has 7 heteroatoms. The predicted molar refractivity (Wildman–Crippen MR) is 100.0 cm³/mol. The minimum atomic E-state index is -1.28. The predicted octanol–water partition coefficient (Wildman–Crippen LogP) is 2.41. The maximum Gasteiger partial charge on any atom is 0.341 e. The lowest BCUT2D eigenvalue weighted by Gasteiger charge is -2.38. The van der Waals surface area contributed by atoms with E-state index >= 15 is 4.39 Å². The number of carbonyl (C=O) groups is 1. The molecule has 2 aliphatic carbocycles. The zero-order valence-electron chi connectivity index (χ0n) is 15.1. The molecule has 0 amide bonds. The zero-order chi connectivity index (χ0) is 19.0. The van der Waals surface area contributed by atoms with Gasteiger partial charge in [-0.15, -0.1) is 0 Å². The summed E-state index contributed by atoms with van der Waals surface area (Å²) in [6, 6.07) is 1.69. The Morgan fingerprint density at radius 1 is 1.30 bits per heavy atom. The van der Waals surface area contributed by atoms with Gasteiger partial charge in [-0.3, -0.25) is 4.79 Å². The Bertz CT molecular complexity index is 1040. The molecule has 3 atom stereocenters. The lowest BCUT2D eigenvalue weighted by Crippen LogP contribution is -2.42. The standard InChI is InChI=1S/C20H22FN3O3/c1-9-17-12(19(25)13(20(26)27)7-23(17)10-2-3-10)6-14(21)18(9)24-8-15(22)11-4-5-16(11)24/h6-7,10-11,15-16H,2-5,8,22H2,1H3,(H,26,27). The monoisotopic (exact) mass is 371 g/mol. The molecule has 2 saturated carbocycles. The molecule has 6 nitrogen and oxygen atoms in total. The number of fused-ring (bicyclic) bond motifs is 2. The number of halogens is 1. The summed E-state index contributed by atoms with van der Waals surface area (Å²) >= 11 is 0. The fourth-order valence-electron chi connectivity index (χ4n) is 4.97. The van der Waals surface area contributed by atoms with Crippen molar-refractivity contribution in [2.45, 2.75) is 50.7 Å². The molecule has 2 aromatic rings. The van der Waals surface area contributed by atoms with Gasteiger partial charge in [0.1, 0.15) is 11.4 Å². The molecule has 5 rings (SSSR count). The highest BCUT2D eigenvalue weighted by molar-refractivity contribution is 5.95. The Morgan fingerprint density at radius 2 is 2.04 bits per heavy atom. The average Bonchev–Trinajstić information content (AvgIpc) is 3.35. The number of hydrogen-bond acceptors (Lipinski definition) is 4. The number of aromatic nitrogens is 1. The number of nitrogens with two attached hydrogens (primary N) is 1. The van der Waals surface area contributed by atoms with E-state index in [4.69, 9.17) is 5.73 Å². The summed E-state index contributed by atoms with van der Waals surface area (Å²) in [4.78, 5) is 26.3. The van der Waals surface area contributed by atoms with Crippen molar-refractivity contribution in [3.8, 4) is 0 Å². The van der Waals surface area contributed by atoms with Crippen LogP contribution in [0.2, 0.25) is 0 Å². The van der Waals surface area contributed by atoms with Gasteiger partial charge < -0.3 is 20.3 Å². The number of carboxylic acids is 1. The van der Waals surface area contributed by atoms with Gasteiger partial charge in [-0.2, -0.15) is 0 Å². The van der Waals surface area contributed by atoms with Gasteiger partial charge in [0.15, 0.2) is 0 Å². The van der Waals surface area contributed by atoms with Crippen LogP contribution in [0.15, 0.2) is 17.1 Å². The van der Waals surface area contributed by atoms with Gasteiger partial charge in [0, 0.05) is 36.3 Å². The first kappa shape index (κ1) is 16.7. The Morgan fingerprint density at radius 3 is 2.59 bits per heavy atom. The van der Waals surface area contributed by atoms with Crippen LogP contribution in [0.3, 0.4) is 0 Å². The van der Waals surface area contributed by atoms with E-state index in [-0.39, 0.29) is 29.1 Å².